The van der Waals surface area contributed by atoms with Crippen molar-refractivity contribution in [3.8, 4) is 0 Å². The fourth-order valence-corrected chi connectivity index (χ4v) is 3.64. The van der Waals surface area contributed by atoms with Crippen LogP contribution in [0.4, 0.5) is 5.69 Å². The Labute approximate surface area is 175 Å². The van der Waals surface area contributed by atoms with E-state index in [4.69, 9.17) is 9.73 Å². The molecule has 1 aliphatic rings. The highest BCUT2D eigenvalue weighted by Gasteiger charge is 2.21. The molecule has 3 nitrogen and oxygen atoms in total. The molecule has 0 bridgehead atoms. The second-order valence-corrected chi connectivity index (χ2v) is 8.71. The van der Waals surface area contributed by atoms with Crippen LogP contribution in [0, 0.1) is 5.92 Å². The predicted molar refractivity (Wildman–Crippen MR) is 124 cm³/mol. The van der Waals surface area contributed by atoms with Crippen molar-refractivity contribution < 1.29 is 4.74 Å². The van der Waals surface area contributed by atoms with Gasteiger partial charge in [-0.15, -0.1) is 0 Å². The Balaban J connectivity index is 1.92. The first-order valence-electron chi connectivity index (χ1n) is 10.7. The molecule has 0 aliphatic carbocycles. The molecule has 0 aromatic heterocycles. The van der Waals surface area contributed by atoms with Crippen molar-refractivity contribution in [2.45, 2.75) is 59.4 Å². The van der Waals surface area contributed by atoms with E-state index in [1.807, 2.05) is 6.07 Å². The van der Waals surface area contributed by atoms with Gasteiger partial charge in [-0.25, -0.2) is 4.99 Å². The van der Waals surface area contributed by atoms with Gasteiger partial charge in [0.15, 0.2) is 0 Å². The minimum Gasteiger partial charge on any atom is -0.475 e. The third-order valence-electron chi connectivity index (χ3n) is 5.40. The number of aliphatic imine (C=N–C) groups is 1. The average Bonchev–Trinajstić information content (AvgIpc) is 3.16. The minimum atomic E-state index is 0.0741. The molecule has 1 atom stereocenters. The molecule has 0 fully saturated rings. The maximum absolute atomic E-state index is 5.93. The SMILES string of the molecule is CC(C)C(=CC1=N[C@@H](c2ccccc2)CO1)Nc1c(C(C)C)cccc1C(C)C. The van der Waals surface area contributed by atoms with E-state index in [0.29, 0.717) is 30.3 Å². The Morgan fingerprint density at radius 3 is 2.10 bits per heavy atom. The van der Waals surface area contributed by atoms with Crippen LogP contribution < -0.4 is 5.32 Å². The number of nitrogens with zero attached hydrogens (tertiary/aromatic N) is 1. The number of benzene rings is 2. The molecule has 0 unspecified atom stereocenters. The van der Waals surface area contributed by atoms with Crippen LogP contribution in [-0.2, 0) is 4.74 Å². The summed E-state index contributed by atoms with van der Waals surface area (Å²) < 4.78 is 5.93. The van der Waals surface area contributed by atoms with E-state index >= 15 is 0 Å². The molecule has 0 spiro atoms. The number of anilines is 1. The second-order valence-electron chi connectivity index (χ2n) is 8.71. The monoisotopic (exact) mass is 390 g/mol. The van der Waals surface area contributed by atoms with Crippen LogP contribution in [0.3, 0.4) is 0 Å². The highest BCUT2D eigenvalue weighted by Crippen LogP contribution is 2.34. The summed E-state index contributed by atoms with van der Waals surface area (Å²) in [5.41, 5.74) is 6.25. The van der Waals surface area contributed by atoms with Crippen molar-refractivity contribution in [1.29, 1.82) is 0 Å². The molecular formula is C26H34N2O. The number of para-hydroxylation sites is 1. The van der Waals surface area contributed by atoms with Gasteiger partial charge in [0.25, 0.3) is 0 Å². The lowest BCUT2D eigenvalue weighted by atomic mass is 9.92. The fraction of sp³-hybridized carbons (Fsp3) is 0.423. The van der Waals surface area contributed by atoms with Crippen molar-refractivity contribution in [2.75, 3.05) is 11.9 Å². The second kappa shape index (κ2) is 9.30. The maximum Gasteiger partial charge on any atom is 0.211 e. The summed E-state index contributed by atoms with van der Waals surface area (Å²) in [6.45, 7) is 14.0. The third kappa shape index (κ3) is 5.09. The smallest absolute Gasteiger partial charge is 0.211 e. The molecule has 2 aromatic carbocycles. The van der Waals surface area contributed by atoms with Gasteiger partial charge in [0.2, 0.25) is 5.90 Å². The van der Waals surface area contributed by atoms with E-state index in [1.165, 1.54) is 22.4 Å². The van der Waals surface area contributed by atoms with Crippen molar-refractivity contribution >= 4 is 11.6 Å². The number of allylic oxidation sites excluding steroid dienone is 1. The number of nitrogens with one attached hydrogen (secondary N) is 1. The molecule has 0 saturated heterocycles. The lowest BCUT2D eigenvalue weighted by Gasteiger charge is -2.23. The van der Waals surface area contributed by atoms with E-state index in [1.54, 1.807) is 0 Å². The van der Waals surface area contributed by atoms with Gasteiger partial charge in [0.1, 0.15) is 12.6 Å². The molecule has 2 aromatic rings. The van der Waals surface area contributed by atoms with E-state index in [-0.39, 0.29) is 6.04 Å². The molecule has 1 aliphatic heterocycles. The van der Waals surface area contributed by atoms with Crippen LogP contribution in [0.2, 0.25) is 0 Å². The zero-order chi connectivity index (χ0) is 21.0. The first-order chi connectivity index (χ1) is 13.9. The molecule has 0 radical (unpaired) electrons. The highest BCUT2D eigenvalue weighted by molar-refractivity contribution is 5.90. The van der Waals surface area contributed by atoms with Crippen LogP contribution in [0.15, 0.2) is 65.3 Å². The molecule has 154 valence electrons. The maximum atomic E-state index is 5.93. The van der Waals surface area contributed by atoms with Gasteiger partial charge in [-0.3, -0.25) is 0 Å². The minimum absolute atomic E-state index is 0.0741. The van der Waals surface area contributed by atoms with E-state index < -0.39 is 0 Å². The van der Waals surface area contributed by atoms with Gasteiger partial charge in [0.05, 0.1) is 0 Å². The average molecular weight is 391 g/mol. The molecule has 3 rings (SSSR count). The lowest BCUT2D eigenvalue weighted by molar-refractivity contribution is 0.320. The topological polar surface area (TPSA) is 33.6 Å². The summed E-state index contributed by atoms with van der Waals surface area (Å²) in [6, 6.07) is 17.1. The first kappa shape index (κ1) is 21.2. The Bertz CT molecular complexity index is 853. The summed E-state index contributed by atoms with van der Waals surface area (Å²) >= 11 is 0. The number of hydrogen-bond acceptors (Lipinski definition) is 3. The summed E-state index contributed by atoms with van der Waals surface area (Å²) in [5, 5.41) is 3.76. The molecule has 1 N–H and O–H groups in total. The largest absolute Gasteiger partial charge is 0.475 e. The molecular weight excluding hydrogens is 356 g/mol. The van der Waals surface area contributed by atoms with Gasteiger partial charge >= 0.3 is 0 Å². The lowest BCUT2D eigenvalue weighted by Crippen LogP contribution is -2.13. The van der Waals surface area contributed by atoms with Crippen molar-refractivity contribution in [3.63, 3.8) is 0 Å². The summed E-state index contributed by atoms with van der Waals surface area (Å²) in [6.07, 6.45) is 2.08. The van der Waals surface area contributed by atoms with Crippen LogP contribution >= 0.6 is 0 Å². The van der Waals surface area contributed by atoms with Crippen LogP contribution in [-0.4, -0.2) is 12.5 Å². The van der Waals surface area contributed by atoms with Crippen LogP contribution in [0.1, 0.15) is 76.1 Å². The summed E-state index contributed by atoms with van der Waals surface area (Å²) in [5.74, 6) is 1.94. The summed E-state index contributed by atoms with van der Waals surface area (Å²) in [7, 11) is 0. The van der Waals surface area contributed by atoms with Gasteiger partial charge in [-0.1, -0.05) is 90.1 Å². The first-order valence-corrected chi connectivity index (χ1v) is 10.7. The number of rotatable bonds is 7. The fourth-order valence-electron chi connectivity index (χ4n) is 3.64. The standard InChI is InChI=1S/C26H34N2O/c1-17(2)21-13-10-14-22(18(3)4)26(21)28-23(19(5)6)15-25-27-24(16-29-25)20-11-8-7-9-12-20/h7-15,17-19,24,28H,16H2,1-6H3/t24-/m1/s1. The predicted octanol–water partition coefficient (Wildman–Crippen LogP) is 7.06. The van der Waals surface area contributed by atoms with E-state index in [0.717, 1.165) is 5.70 Å². The number of ether oxygens (including phenoxy) is 1. The molecule has 3 heteroatoms. The molecule has 1 heterocycles. The Morgan fingerprint density at radius 1 is 0.931 bits per heavy atom. The normalized spacial score (nSPS) is 17.1. The van der Waals surface area contributed by atoms with Gasteiger partial charge in [-0.2, -0.15) is 0 Å². The Hall–Kier alpha value is -2.55. The van der Waals surface area contributed by atoms with Crippen LogP contribution in [0.5, 0.6) is 0 Å². The van der Waals surface area contributed by atoms with Crippen molar-refractivity contribution in [1.82, 2.24) is 0 Å². The van der Waals surface area contributed by atoms with Gasteiger partial charge < -0.3 is 10.1 Å². The third-order valence-corrected chi connectivity index (χ3v) is 5.40. The van der Waals surface area contributed by atoms with Gasteiger partial charge in [0, 0.05) is 17.5 Å². The number of hydrogen-bond donors (Lipinski definition) is 1. The van der Waals surface area contributed by atoms with Gasteiger partial charge in [-0.05, 0) is 34.4 Å². The van der Waals surface area contributed by atoms with E-state index in [9.17, 15) is 0 Å². The molecule has 0 saturated carbocycles. The van der Waals surface area contributed by atoms with Crippen molar-refractivity contribution in [2.24, 2.45) is 10.9 Å². The molecule has 29 heavy (non-hydrogen) atoms. The summed E-state index contributed by atoms with van der Waals surface area (Å²) in [4.78, 5) is 4.82. The van der Waals surface area contributed by atoms with Crippen LogP contribution in [0.25, 0.3) is 0 Å². The zero-order valence-electron chi connectivity index (χ0n) is 18.6. The van der Waals surface area contributed by atoms with E-state index in [2.05, 4.69) is 95.4 Å². The quantitative estimate of drug-likeness (QED) is 0.549. The molecule has 0 amide bonds. The Kier molecular flexibility index (Phi) is 6.79. The Morgan fingerprint density at radius 2 is 1.55 bits per heavy atom. The zero-order valence-corrected chi connectivity index (χ0v) is 18.6. The van der Waals surface area contributed by atoms with Crippen molar-refractivity contribution in [3.05, 3.63) is 77.0 Å². The highest BCUT2D eigenvalue weighted by atomic mass is 16.5.